The lowest BCUT2D eigenvalue weighted by Crippen LogP contribution is -2.33. The first kappa shape index (κ1) is 23.6. The average Bonchev–Trinajstić information content (AvgIpc) is 3.28. The van der Waals surface area contributed by atoms with Gasteiger partial charge in [0.1, 0.15) is 5.75 Å². The van der Waals surface area contributed by atoms with E-state index in [0.29, 0.717) is 36.8 Å². The van der Waals surface area contributed by atoms with Crippen molar-refractivity contribution in [3.8, 4) is 17.2 Å². The minimum Gasteiger partial charge on any atom is -0.497 e. The van der Waals surface area contributed by atoms with E-state index in [1.165, 1.54) is 4.31 Å². The van der Waals surface area contributed by atoms with Crippen molar-refractivity contribution in [1.29, 1.82) is 0 Å². The largest absolute Gasteiger partial charge is 0.497 e. The summed E-state index contributed by atoms with van der Waals surface area (Å²) in [5.41, 5.74) is 1.78. The second kappa shape index (κ2) is 10.5. The standard InChI is InChI=1S/C23H29N3O5S/c1-5-26-19(12-14-24-26)17-25(32(27,28)21-9-7-20(29-2)8-10-21)15-13-18-6-11-22(30-3)23(16-18)31-4/h6-12,14,16H,5,13,15,17H2,1-4H3. The smallest absolute Gasteiger partial charge is 0.243 e. The molecule has 0 bridgehead atoms. The molecule has 32 heavy (non-hydrogen) atoms. The number of aromatic nitrogens is 2. The zero-order valence-corrected chi connectivity index (χ0v) is 19.6. The van der Waals surface area contributed by atoms with Crippen LogP contribution in [0.5, 0.6) is 17.2 Å². The molecule has 0 fully saturated rings. The van der Waals surface area contributed by atoms with E-state index in [9.17, 15) is 8.42 Å². The van der Waals surface area contributed by atoms with Gasteiger partial charge < -0.3 is 14.2 Å². The van der Waals surface area contributed by atoms with E-state index >= 15 is 0 Å². The van der Waals surface area contributed by atoms with Crippen LogP contribution in [-0.4, -0.2) is 50.4 Å². The van der Waals surface area contributed by atoms with E-state index in [1.54, 1.807) is 56.5 Å². The fourth-order valence-corrected chi connectivity index (χ4v) is 4.84. The van der Waals surface area contributed by atoms with Crippen molar-refractivity contribution in [3.63, 3.8) is 0 Å². The zero-order chi connectivity index (χ0) is 23.1. The van der Waals surface area contributed by atoms with Crippen LogP contribution in [0, 0.1) is 0 Å². The third-order valence-electron chi connectivity index (χ3n) is 5.24. The molecule has 1 heterocycles. The van der Waals surface area contributed by atoms with Crippen LogP contribution >= 0.6 is 0 Å². The minimum atomic E-state index is -3.75. The lowest BCUT2D eigenvalue weighted by atomic mass is 10.1. The van der Waals surface area contributed by atoms with Gasteiger partial charge in [0.15, 0.2) is 11.5 Å². The molecule has 0 spiro atoms. The number of sulfonamides is 1. The number of hydrogen-bond donors (Lipinski definition) is 0. The molecule has 3 aromatic rings. The summed E-state index contributed by atoms with van der Waals surface area (Å²) in [5.74, 6) is 1.84. The maximum Gasteiger partial charge on any atom is 0.243 e. The highest BCUT2D eigenvalue weighted by atomic mass is 32.2. The number of rotatable bonds is 11. The number of nitrogens with zero attached hydrogens (tertiary/aromatic N) is 3. The highest BCUT2D eigenvalue weighted by Crippen LogP contribution is 2.28. The zero-order valence-electron chi connectivity index (χ0n) is 18.8. The summed E-state index contributed by atoms with van der Waals surface area (Å²) in [5, 5.41) is 4.27. The van der Waals surface area contributed by atoms with Crippen LogP contribution in [0.25, 0.3) is 0 Å². The molecule has 2 aromatic carbocycles. The van der Waals surface area contributed by atoms with Crippen molar-refractivity contribution in [2.24, 2.45) is 0 Å². The van der Waals surface area contributed by atoms with Crippen molar-refractivity contribution >= 4 is 10.0 Å². The van der Waals surface area contributed by atoms with Crippen LogP contribution in [0.15, 0.2) is 59.6 Å². The van der Waals surface area contributed by atoms with Crippen LogP contribution in [0.1, 0.15) is 18.2 Å². The Kier molecular flexibility index (Phi) is 7.76. The Morgan fingerprint density at radius 1 is 0.938 bits per heavy atom. The van der Waals surface area contributed by atoms with Crippen molar-refractivity contribution < 1.29 is 22.6 Å². The number of hydrogen-bond acceptors (Lipinski definition) is 6. The molecular weight excluding hydrogens is 430 g/mol. The summed E-state index contributed by atoms with van der Waals surface area (Å²) in [4.78, 5) is 0.216. The lowest BCUT2D eigenvalue weighted by Gasteiger charge is -2.23. The van der Waals surface area contributed by atoms with Gasteiger partial charge in [-0.3, -0.25) is 4.68 Å². The van der Waals surface area contributed by atoms with E-state index in [2.05, 4.69) is 5.10 Å². The van der Waals surface area contributed by atoms with Crippen LogP contribution in [0.2, 0.25) is 0 Å². The van der Waals surface area contributed by atoms with Crippen LogP contribution in [0.3, 0.4) is 0 Å². The molecule has 0 unspecified atom stereocenters. The maximum atomic E-state index is 13.5. The Morgan fingerprint density at radius 3 is 2.28 bits per heavy atom. The summed E-state index contributed by atoms with van der Waals surface area (Å²) >= 11 is 0. The Bertz CT molecular complexity index is 1130. The molecule has 0 aliphatic rings. The second-order valence-corrected chi connectivity index (χ2v) is 9.03. The van der Waals surface area contributed by atoms with Gasteiger partial charge in [0.05, 0.1) is 38.5 Å². The average molecular weight is 460 g/mol. The molecule has 0 aliphatic carbocycles. The molecule has 1 aromatic heterocycles. The van der Waals surface area contributed by atoms with E-state index in [1.807, 2.05) is 31.2 Å². The summed E-state index contributed by atoms with van der Waals surface area (Å²) in [6, 6.07) is 13.9. The summed E-state index contributed by atoms with van der Waals surface area (Å²) in [7, 11) is 0.960. The van der Waals surface area contributed by atoms with Crippen LogP contribution < -0.4 is 14.2 Å². The van der Waals surface area contributed by atoms with Crippen molar-refractivity contribution in [1.82, 2.24) is 14.1 Å². The fraction of sp³-hybridized carbons (Fsp3) is 0.348. The van der Waals surface area contributed by atoms with Gasteiger partial charge in [-0.05, 0) is 61.4 Å². The highest BCUT2D eigenvalue weighted by molar-refractivity contribution is 7.89. The van der Waals surface area contributed by atoms with Gasteiger partial charge in [-0.2, -0.15) is 9.40 Å². The Morgan fingerprint density at radius 2 is 1.66 bits per heavy atom. The number of aryl methyl sites for hydroxylation is 1. The van der Waals surface area contributed by atoms with E-state index in [0.717, 1.165) is 11.3 Å². The molecule has 172 valence electrons. The maximum absolute atomic E-state index is 13.5. The quantitative estimate of drug-likeness (QED) is 0.437. The third-order valence-corrected chi connectivity index (χ3v) is 7.10. The molecule has 0 saturated carbocycles. The number of methoxy groups -OCH3 is 3. The monoisotopic (exact) mass is 459 g/mol. The van der Waals surface area contributed by atoms with E-state index < -0.39 is 10.0 Å². The first-order valence-electron chi connectivity index (χ1n) is 10.3. The first-order chi connectivity index (χ1) is 15.4. The minimum absolute atomic E-state index is 0.216. The number of ether oxygens (including phenoxy) is 3. The van der Waals surface area contributed by atoms with Gasteiger partial charge in [0.25, 0.3) is 0 Å². The fourth-order valence-electron chi connectivity index (χ4n) is 3.43. The molecule has 0 amide bonds. The van der Waals surface area contributed by atoms with Gasteiger partial charge in [0, 0.05) is 19.3 Å². The van der Waals surface area contributed by atoms with Gasteiger partial charge in [0.2, 0.25) is 10.0 Å². The van der Waals surface area contributed by atoms with Crippen LogP contribution in [-0.2, 0) is 29.5 Å². The summed E-state index contributed by atoms with van der Waals surface area (Å²) < 4.78 is 46.1. The van der Waals surface area contributed by atoms with E-state index in [-0.39, 0.29) is 11.4 Å². The molecule has 0 radical (unpaired) electrons. The Balaban J connectivity index is 1.89. The van der Waals surface area contributed by atoms with Gasteiger partial charge in [-0.15, -0.1) is 0 Å². The topological polar surface area (TPSA) is 82.9 Å². The molecular formula is C23H29N3O5S. The van der Waals surface area contributed by atoms with E-state index in [4.69, 9.17) is 14.2 Å². The Hall–Kier alpha value is -3.04. The molecule has 0 atom stereocenters. The van der Waals surface area contributed by atoms with Gasteiger partial charge in [-0.1, -0.05) is 6.07 Å². The number of benzene rings is 2. The van der Waals surface area contributed by atoms with Gasteiger partial charge in [-0.25, -0.2) is 8.42 Å². The SMILES string of the molecule is CCn1nccc1CN(CCc1ccc(OC)c(OC)c1)S(=O)(=O)c1ccc(OC)cc1. The molecule has 0 aliphatic heterocycles. The summed E-state index contributed by atoms with van der Waals surface area (Å²) in [6.45, 7) is 3.14. The molecule has 0 N–H and O–H groups in total. The van der Waals surface area contributed by atoms with Gasteiger partial charge >= 0.3 is 0 Å². The highest BCUT2D eigenvalue weighted by Gasteiger charge is 2.26. The second-order valence-electron chi connectivity index (χ2n) is 7.09. The molecule has 0 saturated heterocycles. The summed E-state index contributed by atoms with van der Waals surface area (Å²) in [6.07, 6.45) is 2.20. The molecule has 3 rings (SSSR count). The molecule has 8 nitrogen and oxygen atoms in total. The Labute approximate surface area is 189 Å². The van der Waals surface area contributed by atoms with Crippen molar-refractivity contribution in [3.05, 3.63) is 66.0 Å². The normalized spacial score (nSPS) is 11.5. The lowest BCUT2D eigenvalue weighted by molar-refractivity contribution is 0.354. The van der Waals surface area contributed by atoms with Crippen LogP contribution in [0.4, 0.5) is 0 Å². The first-order valence-corrected chi connectivity index (χ1v) is 11.7. The van der Waals surface area contributed by atoms with Crippen molar-refractivity contribution in [2.45, 2.75) is 31.3 Å². The van der Waals surface area contributed by atoms with Crippen molar-refractivity contribution in [2.75, 3.05) is 27.9 Å². The predicted molar refractivity (Wildman–Crippen MR) is 122 cm³/mol. The molecule has 9 heteroatoms. The third kappa shape index (κ3) is 5.23. The predicted octanol–water partition coefficient (Wildman–Crippen LogP) is 3.36.